The Morgan fingerprint density at radius 2 is 1.80 bits per heavy atom. The predicted molar refractivity (Wildman–Crippen MR) is 118 cm³/mol. The van der Waals surface area contributed by atoms with Gasteiger partial charge >= 0.3 is 6.03 Å². The zero-order valence-corrected chi connectivity index (χ0v) is 18.0. The van der Waals surface area contributed by atoms with Crippen LogP contribution in [0.2, 0.25) is 5.02 Å². The topological polar surface area (TPSA) is 61.9 Å². The van der Waals surface area contributed by atoms with Crippen molar-refractivity contribution in [2.24, 2.45) is 5.92 Å². The van der Waals surface area contributed by atoms with Crippen molar-refractivity contribution in [2.45, 2.75) is 32.8 Å². The summed E-state index contributed by atoms with van der Waals surface area (Å²) in [4.78, 5) is 29.4. The summed E-state index contributed by atoms with van der Waals surface area (Å²) in [6.07, 6.45) is 1.19. The van der Waals surface area contributed by atoms with Gasteiger partial charge in [-0.25, -0.2) is 4.79 Å². The van der Waals surface area contributed by atoms with E-state index in [9.17, 15) is 9.59 Å². The molecular weight excluding hydrogens is 402 g/mol. The third-order valence-electron chi connectivity index (χ3n) is 5.67. The number of likely N-dealkylation sites (tertiary alicyclic amines) is 1. The van der Waals surface area contributed by atoms with E-state index in [2.05, 4.69) is 5.32 Å². The van der Waals surface area contributed by atoms with Crippen LogP contribution in [0.25, 0.3) is 0 Å². The lowest BCUT2D eigenvalue weighted by Crippen LogP contribution is -2.51. The Bertz CT molecular complexity index is 939. The van der Waals surface area contributed by atoms with E-state index < -0.39 is 0 Å². The third kappa shape index (κ3) is 4.38. The SMILES string of the molecule is Cc1ccc(NC(=O)C2CCN(C(=O)N3C[C@@H](C)Oc4ccc(Cl)cc43)CC2)cc1. The van der Waals surface area contributed by atoms with Gasteiger partial charge in [-0.3, -0.25) is 9.69 Å². The van der Waals surface area contributed by atoms with Crippen LogP contribution in [-0.2, 0) is 4.79 Å². The minimum atomic E-state index is -0.0968. The van der Waals surface area contributed by atoms with Crippen LogP contribution in [0.1, 0.15) is 25.3 Å². The molecule has 2 aromatic rings. The smallest absolute Gasteiger partial charge is 0.324 e. The quantitative estimate of drug-likeness (QED) is 0.755. The number of benzene rings is 2. The Hall–Kier alpha value is -2.73. The molecule has 0 saturated carbocycles. The van der Waals surface area contributed by atoms with Crippen molar-refractivity contribution < 1.29 is 14.3 Å². The fourth-order valence-electron chi connectivity index (χ4n) is 3.98. The summed E-state index contributed by atoms with van der Waals surface area (Å²) in [5.74, 6) is 0.586. The van der Waals surface area contributed by atoms with E-state index in [0.29, 0.717) is 48.9 Å². The number of amides is 3. The molecule has 0 aromatic heterocycles. The first-order chi connectivity index (χ1) is 14.4. The molecule has 1 atom stereocenters. The molecule has 7 heteroatoms. The number of aryl methyl sites for hydroxylation is 1. The highest BCUT2D eigenvalue weighted by Gasteiger charge is 2.34. The van der Waals surface area contributed by atoms with E-state index in [0.717, 1.165) is 11.3 Å². The van der Waals surface area contributed by atoms with Gasteiger partial charge in [0.2, 0.25) is 5.91 Å². The van der Waals surface area contributed by atoms with E-state index in [-0.39, 0.29) is 24.0 Å². The number of fused-ring (bicyclic) bond motifs is 1. The first-order valence-corrected chi connectivity index (χ1v) is 10.7. The summed E-state index contributed by atoms with van der Waals surface area (Å²) < 4.78 is 5.84. The highest BCUT2D eigenvalue weighted by atomic mass is 35.5. The Morgan fingerprint density at radius 1 is 1.10 bits per heavy atom. The molecule has 0 unspecified atom stereocenters. The Balaban J connectivity index is 1.38. The highest BCUT2D eigenvalue weighted by Crippen LogP contribution is 2.36. The van der Waals surface area contributed by atoms with Crippen molar-refractivity contribution in [1.29, 1.82) is 0 Å². The van der Waals surface area contributed by atoms with Gasteiger partial charge in [0.05, 0.1) is 12.2 Å². The highest BCUT2D eigenvalue weighted by molar-refractivity contribution is 6.31. The first-order valence-electron chi connectivity index (χ1n) is 10.3. The maximum atomic E-state index is 13.2. The molecule has 0 spiro atoms. The Labute approximate surface area is 181 Å². The number of urea groups is 1. The van der Waals surface area contributed by atoms with Gasteiger partial charge in [-0.2, -0.15) is 0 Å². The maximum Gasteiger partial charge on any atom is 0.324 e. The summed E-state index contributed by atoms with van der Waals surface area (Å²) in [5, 5.41) is 3.55. The van der Waals surface area contributed by atoms with Crippen LogP contribution in [0, 0.1) is 12.8 Å². The molecule has 3 amide bonds. The van der Waals surface area contributed by atoms with E-state index in [1.807, 2.05) is 43.0 Å². The van der Waals surface area contributed by atoms with Gasteiger partial charge in [-0.1, -0.05) is 29.3 Å². The molecule has 2 heterocycles. The molecular formula is C23H26ClN3O3. The summed E-state index contributed by atoms with van der Waals surface area (Å²) >= 11 is 6.15. The zero-order chi connectivity index (χ0) is 21.3. The molecule has 0 radical (unpaired) electrons. The number of nitrogens with zero attached hydrogens (tertiary/aromatic N) is 2. The molecule has 0 aliphatic carbocycles. The summed E-state index contributed by atoms with van der Waals surface area (Å²) in [7, 11) is 0. The van der Waals surface area contributed by atoms with Crippen molar-refractivity contribution in [3.8, 4) is 5.75 Å². The lowest BCUT2D eigenvalue weighted by atomic mass is 9.96. The number of hydrogen-bond donors (Lipinski definition) is 1. The number of carbonyl (C=O) groups excluding carboxylic acids is 2. The van der Waals surface area contributed by atoms with Crippen LogP contribution >= 0.6 is 11.6 Å². The second kappa shape index (κ2) is 8.56. The first kappa shape index (κ1) is 20.5. The van der Waals surface area contributed by atoms with E-state index in [1.54, 1.807) is 23.1 Å². The van der Waals surface area contributed by atoms with Gasteiger partial charge in [0.1, 0.15) is 11.9 Å². The lowest BCUT2D eigenvalue weighted by molar-refractivity contribution is -0.121. The number of carbonyl (C=O) groups is 2. The van der Waals surface area contributed by atoms with Crippen LogP contribution in [0.15, 0.2) is 42.5 Å². The van der Waals surface area contributed by atoms with Gasteiger partial charge < -0.3 is 15.0 Å². The van der Waals surface area contributed by atoms with Crippen molar-refractivity contribution in [1.82, 2.24) is 4.90 Å². The molecule has 2 aliphatic rings. The fraction of sp³-hybridized carbons (Fsp3) is 0.391. The molecule has 2 aliphatic heterocycles. The Kier molecular flexibility index (Phi) is 5.86. The van der Waals surface area contributed by atoms with Crippen LogP contribution in [-0.4, -0.2) is 42.6 Å². The van der Waals surface area contributed by atoms with E-state index in [4.69, 9.17) is 16.3 Å². The average molecular weight is 428 g/mol. The van der Waals surface area contributed by atoms with Gasteiger partial charge in [-0.05, 0) is 57.0 Å². The van der Waals surface area contributed by atoms with Gasteiger partial charge in [0.25, 0.3) is 0 Å². The minimum Gasteiger partial charge on any atom is -0.487 e. The van der Waals surface area contributed by atoms with Crippen LogP contribution < -0.4 is 15.0 Å². The van der Waals surface area contributed by atoms with Gasteiger partial charge in [-0.15, -0.1) is 0 Å². The number of piperidine rings is 1. The largest absolute Gasteiger partial charge is 0.487 e. The molecule has 30 heavy (non-hydrogen) atoms. The number of rotatable bonds is 2. The summed E-state index contributed by atoms with van der Waals surface area (Å²) in [5.41, 5.74) is 2.66. The molecule has 2 aromatic carbocycles. The maximum absolute atomic E-state index is 13.2. The van der Waals surface area contributed by atoms with E-state index in [1.165, 1.54) is 0 Å². The molecule has 0 bridgehead atoms. The number of ether oxygens (including phenoxy) is 1. The second-order valence-corrected chi connectivity index (χ2v) is 8.49. The zero-order valence-electron chi connectivity index (χ0n) is 17.2. The summed E-state index contributed by atoms with van der Waals surface area (Å²) in [6.45, 7) is 5.53. The number of halogens is 1. The Morgan fingerprint density at radius 3 is 2.50 bits per heavy atom. The minimum absolute atomic E-state index is 0.0167. The van der Waals surface area contributed by atoms with Crippen molar-refractivity contribution in [3.63, 3.8) is 0 Å². The summed E-state index contributed by atoms with van der Waals surface area (Å²) in [6, 6.07) is 13.0. The van der Waals surface area contributed by atoms with Gasteiger partial charge in [0, 0.05) is 29.7 Å². The molecule has 4 rings (SSSR count). The van der Waals surface area contributed by atoms with Crippen LogP contribution in [0.3, 0.4) is 0 Å². The lowest BCUT2D eigenvalue weighted by Gasteiger charge is -2.39. The second-order valence-electron chi connectivity index (χ2n) is 8.05. The third-order valence-corrected chi connectivity index (χ3v) is 5.90. The number of hydrogen-bond acceptors (Lipinski definition) is 3. The molecule has 1 saturated heterocycles. The molecule has 158 valence electrons. The monoisotopic (exact) mass is 427 g/mol. The molecule has 6 nitrogen and oxygen atoms in total. The average Bonchev–Trinajstić information content (AvgIpc) is 2.74. The van der Waals surface area contributed by atoms with Gasteiger partial charge in [0.15, 0.2) is 0 Å². The standard InChI is InChI=1S/C23H26ClN3O3/c1-15-3-6-19(7-4-15)25-22(28)17-9-11-26(12-10-17)23(29)27-14-16(2)30-21-8-5-18(24)13-20(21)27/h3-8,13,16-17H,9-12,14H2,1-2H3,(H,25,28)/t16-/m1/s1. The van der Waals surface area contributed by atoms with Crippen molar-refractivity contribution in [2.75, 3.05) is 29.9 Å². The fourth-order valence-corrected chi connectivity index (χ4v) is 4.14. The number of anilines is 2. The molecule has 1 N–H and O–H groups in total. The predicted octanol–water partition coefficient (Wildman–Crippen LogP) is 4.71. The molecule has 1 fully saturated rings. The van der Waals surface area contributed by atoms with Crippen molar-refractivity contribution >= 4 is 34.9 Å². The van der Waals surface area contributed by atoms with Crippen molar-refractivity contribution in [3.05, 3.63) is 53.1 Å². The normalized spacial score (nSPS) is 19.1. The van der Waals surface area contributed by atoms with Crippen LogP contribution in [0.5, 0.6) is 5.75 Å². The number of nitrogens with one attached hydrogen (secondary N) is 1. The van der Waals surface area contributed by atoms with Crippen LogP contribution in [0.4, 0.5) is 16.2 Å². The van der Waals surface area contributed by atoms with E-state index >= 15 is 0 Å².